The molecule has 1 N–H and O–H groups in total. The van der Waals surface area contributed by atoms with Crippen molar-refractivity contribution in [1.82, 2.24) is 39.6 Å². The van der Waals surface area contributed by atoms with Crippen molar-refractivity contribution in [2.45, 2.75) is 109 Å². The summed E-state index contributed by atoms with van der Waals surface area (Å²) >= 11 is 1.64. The van der Waals surface area contributed by atoms with Crippen molar-refractivity contribution < 1.29 is 42.3 Å². The van der Waals surface area contributed by atoms with E-state index in [1.54, 1.807) is 55.0 Å². The third kappa shape index (κ3) is 10.7. The number of likely N-dealkylation sites (tertiary alicyclic amines) is 1. The molecule has 0 bridgehead atoms. The number of nitrogens with one attached hydrogen (secondary N) is 1. The number of hydrogen-bond acceptors (Lipinski definition) is 12. The molecule has 1 saturated carbocycles. The van der Waals surface area contributed by atoms with Crippen LogP contribution in [0.4, 0.5) is 4.39 Å². The van der Waals surface area contributed by atoms with Crippen LogP contribution in [-0.2, 0) is 32.2 Å². The maximum atomic E-state index is 14.6. The van der Waals surface area contributed by atoms with Gasteiger partial charge in [-0.3, -0.25) is 29.1 Å². The molecule has 1 aromatic carbocycles. The molecule has 364 valence electrons. The van der Waals surface area contributed by atoms with Crippen molar-refractivity contribution in [3.05, 3.63) is 71.3 Å². The number of rotatable bonds is 15. The molecule has 4 aliphatic rings. The van der Waals surface area contributed by atoms with E-state index in [2.05, 4.69) is 20.4 Å². The van der Waals surface area contributed by atoms with Gasteiger partial charge in [0.05, 0.1) is 36.0 Å². The zero-order chi connectivity index (χ0) is 47.3. The van der Waals surface area contributed by atoms with Gasteiger partial charge >= 0.3 is 0 Å². The number of pyridine rings is 1. The second-order valence-corrected chi connectivity index (χ2v) is 19.9. The molecule has 1 aliphatic carbocycles. The number of amides is 4. The number of piperazine rings is 1. The minimum atomic E-state index is -0.602. The van der Waals surface area contributed by atoms with Crippen molar-refractivity contribution in [3.63, 3.8) is 0 Å². The van der Waals surface area contributed by atoms with Crippen LogP contribution in [0.1, 0.15) is 88.4 Å². The van der Waals surface area contributed by atoms with E-state index in [0.29, 0.717) is 61.7 Å². The summed E-state index contributed by atoms with van der Waals surface area (Å²) in [5.41, 5.74) is 1.76. The summed E-state index contributed by atoms with van der Waals surface area (Å²) in [4.78, 5) is 68.2. The number of hydrogen-bond donors (Lipinski definition) is 1. The van der Waals surface area contributed by atoms with Gasteiger partial charge in [0.2, 0.25) is 17.7 Å². The highest BCUT2D eigenvalue weighted by Crippen LogP contribution is 2.32. The predicted octanol–water partition coefficient (Wildman–Crippen LogP) is 6.51. The lowest BCUT2D eigenvalue weighted by Gasteiger charge is -2.42. The number of carbonyl (C=O) groups is 4. The molecule has 0 radical (unpaired) electrons. The lowest BCUT2D eigenvalue weighted by Crippen LogP contribution is -2.60. The number of aromatic nitrogens is 3. The maximum absolute atomic E-state index is 14.6. The standard InChI is InChI=1S/C50H63FN8O8S/c1-4-32(2)48(61)53-46(34-8-6-5-7-9-34)50(63)56-19-20-57(33(3)27-56)49(62)42-25-35-24-36(51)10-11-41(35)59(42)29-45(60)58-21-22-64-30-37(58)31-65-44-26-39(67-54-44)28-55-17-13-38(14-18-55)66-43-12-16-52-40-15-23-68-47(40)43/h10-12,15-16,23-26,32-34,37-38,46H,4-9,13-14,17-22,27-31H2,1-3H3,(H,53,61)/t32-,33+,37+,46+/m1/s1. The summed E-state index contributed by atoms with van der Waals surface area (Å²) in [6, 6.07) is 10.2. The molecule has 3 aliphatic heterocycles. The van der Waals surface area contributed by atoms with Crippen molar-refractivity contribution >= 4 is 56.1 Å². The minimum Gasteiger partial charge on any atom is -0.489 e. The van der Waals surface area contributed by atoms with E-state index in [0.717, 1.165) is 74.0 Å². The Morgan fingerprint density at radius 2 is 1.79 bits per heavy atom. The second kappa shape index (κ2) is 21.4. The number of piperidine rings is 1. The third-order valence-corrected chi connectivity index (χ3v) is 15.3. The van der Waals surface area contributed by atoms with E-state index in [4.69, 9.17) is 18.7 Å². The average Bonchev–Trinajstić information content (AvgIpc) is 4.12. The van der Waals surface area contributed by atoms with Crippen LogP contribution >= 0.6 is 11.3 Å². The Morgan fingerprint density at radius 3 is 2.59 bits per heavy atom. The summed E-state index contributed by atoms with van der Waals surface area (Å²) in [5.74, 6) is 0.528. The Kier molecular flexibility index (Phi) is 14.9. The first-order valence-electron chi connectivity index (χ1n) is 24.4. The summed E-state index contributed by atoms with van der Waals surface area (Å²) in [6.45, 7) is 9.71. The highest BCUT2D eigenvalue weighted by Gasteiger charge is 2.39. The van der Waals surface area contributed by atoms with Crippen LogP contribution in [0.15, 0.2) is 58.6 Å². The monoisotopic (exact) mass is 954 g/mol. The summed E-state index contributed by atoms with van der Waals surface area (Å²) in [5, 5.41) is 9.81. The van der Waals surface area contributed by atoms with E-state index >= 15 is 0 Å². The smallest absolute Gasteiger partial charge is 0.270 e. The predicted molar refractivity (Wildman–Crippen MR) is 254 cm³/mol. The van der Waals surface area contributed by atoms with Gasteiger partial charge in [0.1, 0.15) is 42.6 Å². The molecule has 9 rings (SSSR count). The number of halogens is 1. The summed E-state index contributed by atoms with van der Waals surface area (Å²) in [7, 11) is 0. The highest BCUT2D eigenvalue weighted by atomic mass is 32.1. The average molecular weight is 955 g/mol. The fourth-order valence-electron chi connectivity index (χ4n) is 10.2. The van der Waals surface area contributed by atoms with Crippen molar-refractivity contribution in [2.75, 3.05) is 59.1 Å². The van der Waals surface area contributed by atoms with Gasteiger partial charge in [-0.1, -0.05) is 33.1 Å². The Morgan fingerprint density at radius 1 is 0.971 bits per heavy atom. The molecule has 4 fully saturated rings. The van der Waals surface area contributed by atoms with Crippen LogP contribution in [0, 0.1) is 17.7 Å². The van der Waals surface area contributed by atoms with Crippen LogP contribution in [0.25, 0.3) is 21.1 Å². The number of morpholine rings is 1. The normalized spacial score (nSPS) is 21.0. The molecule has 5 aromatic rings. The lowest BCUT2D eigenvalue weighted by atomic mass is 9.83. The van der Waals surface area contributed by atoms with E-state index in [1.807, 2.05) is 38.3 Å². The third-order valence-electron chi connectivity index (χ3n) is 14.3. The van der Waals surface area contributed by atoms with Crippen molar-refractivity contribution in [3.8, 4) is 11.6 Å². The first-order chi connectivity index (χ1) is 33.0. The zero-order valence-electron chi connectivity index (χ0n) is 39.3. The fourth-order valence-corrected chi connectivity index (χ4v) is 11.0. The Balaban J connectivity index is 0.814. The number of thiophene rings is 1. The first kappa shape index (κ1) is 47.5. The van der Waals surface area contributed by atoms with Crippen LogP contribution in [0.5, 0.6) is 11.6 Å². The van der Waals surface area contributed by atoms with Gasteiger partial charge in [-0.05, 0) is 91.9 Å². The van der Waals surface area contributed by atoms with E-state index < -0.39 is 17.9 Å². The minimum absolute atomic E-state index is 0.0728. The molecule has 4 aromatic heterocycles. The molecule has 0 unspecified atom stereocenters. The molecule has 16 nitrogen and oxygen atoms in total. The van der Waals surface area contributed by atoms with Crippen LogP contribution in [-0.4, -0.2) is 141 Å². The van der Waals surface area contributed by atoms with E-state index in [9.17, 15) is 23.6 Å². The summed E-state index contributed by atoms with van der Waals surface area (Å²) < 4.78 is 41.3. The van der Waals surface area contributed by atoms with Crippen LogP contribution in [0.2, 0.25) is 0 Å². The number of fused-ring (bicyclic) bond motifs is 2. The van der Waals surface area contributed by atoms with Crippen LogP contribution < -0.4 is 14.8 Å². The Bertz CT molecular complexity index is 2570. The molecular weight excluding hydrogens is 892 g/mol. The van der Waals surface area contributed by atoms with Crippen molar-refractivity contribution in [1.29, 1.82) is 0 Å². The number of carbonyl (C=O) groups excluding carboxylic acids is 4. The molecule has 68 heavy (non-hydrogen) atoms. The second-order valence-electron chi connectivity index (χ2n) is 18.9. The van der Waals surface area contributed by atoms with Gasteiger partial charge in [-0.15, -0.1) is 11.3 Å². The largest absolute Gasteiger partial charge is 0.489 e. The number of benzene rings is 1. The SMILES string of the molecule is CC[C@@H](C)C(=O)N[C@H](C(=O)N1CCN(C(=O)c2cc3cc(F)ccc3n2CC(=O)N2CCOC[C@H]2COc2cc(CN3CCC(Oc4ccnc5ccsc45)CC3)on2)[C@@H](C)C1)C1CCCCC1. The van der Waals surface area contributed by atoms with Gasteiger partial charge in [-0.25, -0.2) is 4.39 Å². The van der Waals surface area contributed by atoms with Crippen LogP contribution in [0.3, 0.4) is 0 Å². The van der Waals surface area contributed by atoms with Gasteiger partial charge < -0.3 is 43.3 Å². The Labute approximate surface area is 400 Å². The van der Waals surface area contributed by atoms with Gasteiger partial charge in [0, 0.05) is 74.4 Å². The van der Waals surface area contributed by atoms with Gasteiger partial charge in [0.15, 0.2) is 5.76 Å². The molecule has 4 amide bonds. The van der Waals surface area contributed by atoms with E-state index in [-0.39, 0.29) is 79.6 Å². The zero-order valence-corrected chi connectivity index (χ0v) is 40.1. The van der Waals surface area contributed by atoms with Gasteiger partial charge in [0.25, 0.3) is 11.8 Å². The van der Waals surface area contributed by atoms with Gasteiger partial charge in [-0.2, -0.15) is 0 Å². The Hall–Kier alpha value is -5.59. The number of nitrogens with zero attached hydrogens (tertiary/aromatic N) is 7. The molecule has 0 spiro atoms. The topological polar surface area (TPSA) is 165 Å². The fraction of sp³-hybridized carbons (Fsp3) is 0.560. The molecule has 7 heterocycles. The lowest BCUT2D eigenvalue weighted by molar-refractivity contribution is -0.142. The highest BCUT2D eigenvalue weighted by molar-refractivity contribution is 7.17. The quantitative estimate of drug-likeness (QED) is 0.122. The summed E-state index contributed by atoms with van der Waals surface area (Å²) in [6.07, 6.45) is 9.31. The molecule has 3 saturated heterocycles. The number of ether oxygens (including phenoxy) is 3. The maximum Gasteiger partial charge on any atom is 0.270 e. The molecule has 18 heteroatoms. The van der Waals surface area contributed by atoms with Crippen molar-refractivity contribution in [2.24, 2.45) is 11.8 Å². The molecule has 4 atom stereocenters. The first-order valence-corrected chi connectivity index (χ1v) is 25.3. The van der Waals surface area contributed by atoms with E-state index in [1.165, 1.54) is 12.1 Å². The molecular formula is C50H63FN8O8S.